The van der Waals surface area contributed by atoms with E-state index in [1.54, 1.807) is 0 Å². The molecule has 3 rings (SSSR count). The molecule has 0 saturated heterocycles. The first-order valence-electron chi connectivity index (χ1n) is 7.06. The maximum Gasteiger partial charge on any atom is 0.0999 e. The van der Waals surface area contributed by atoms with Crippen LogP contribution < -0.4 is 10.2 Å². The number of hydrogen-bond donors (Lipinski definition) is 1. The number of nitrogens with zero attached hydrogens (tertiary/aromatic N) is 4. The van der Waals surface area contributed by atoms with Gasteiger partial charge < -0.3 is 10.2 Å². The van der Waals surface area contributed by atoms with Gasteiger partial charge in [-0.05, 0) is 26.0 Å². The van der Waals surface area contributed by atoms with Crippen LogP contribution in [0.1, 0.15) is 17.0 Å². The fourth-order valence-electron chi connectivity index (χ4n) is 2.99. The zero-order chi connectivity index (χ0) is 15.1. The highest BCUT2D eigenvalue weighted by molar-refractivity contribution is 5.85. The number of likely N-dealkylation sites (N-methyl/N-ethyl adjacent to an activating group) is 1. The Bertz CT molecular complexity index is 751. The van der Waals surface area contributed by atoms with E-state index >= 15 is 0 Å². The molecule has 1 aromatic carbocycles. The SMILES string of the molecule is Cc1nn(C)c(C)c1-c1cc2c(cc1C#N)NCCN2C. The highest BCUT2D eigenvalue weighted by atomic mass is 15.3. The largest absolute Gasteiger partial charge is 0.382 e. The minimum atomic E-state index is 0.691. The lowest BCUT2D eigenvalue weighted by molar-refractivity contribution is 0.731. The molecule has 1 aromatic heterocycles. The minimum absolute atomic E-state index is 0.691. The van der Waals surface area contributed by atoms with Crippen molar-refractivity contribution in [2.75, 3.05) is 30.4 Å². The summed E-state index contributed by atoms with van der Waals surface area (Å²) in [7, 11) is 4.02. The number of anilines is 2. The summed E-state index contributed by atoms with van der Waals surface area (Å²) >= 11 is 0. The van der Waals surface area contributed by atoms with Crippen LogP contribution in [0, 0.1) is 25.2 Å². The summed E-state index contributed by atoms with van der Waals surface area (Å²) in [6.07, 6.45) is 0. The summed E-state index contributed by atoms with van der Waals surface area (Å²) in [6, 6.07) is 6.39. The van der Waals surface area contributed by atoms with Crippen molar-refractivity contribution < 1.29 is 0 Å². The van der Waals surface area contributed by atoms with Gasteiger partial charge in [-0.1, -0.05) is 0 Å². The van der Waals surface area contributed by atoms with E-state index < -0.39 is 0 Å². The smallest absolute Gasteiger partial charge is 0.0999 e. The number of aryl methyl sites for hydroxylation is 2. The number of aromatic nitrogens is 2. The van der Waals surface area contributed by atoms with E-state index in [1.807, 2.05) is 31.6 Å². The normalized spacial score (nSPS) is 13.6. The van der Waals surface area contributed by atoms with Gasteiger partial charge in [-0.3, -0.25) is 4.68 Å². The van der Waals surface area contributed by atoms with Crippen LogP contribution in [0.2, 0.25) is 0 Å². The Morgan fingerprint density at radius 1 is 1.29 bits per heavy atom. The first-order valence-corrected chi connectivity index (χ1v) is 7.06. The third kappa shape index (κ3) is 2.04. The quantitative estimate of drug-likeness (QED) is 0.872. The van der Waals surface area contributed by atoms with Crippen LogP contribution in [0.4, 0.5) is 11.4 Å². The maximum atomic E-state index is 9.52. The molecule has 5 heteroatoms. The molecule has 0 saturated carbocycles. The molecule has 0 unspecified atom stereocenters. The standard InChI is InChI=1S/C16H19N5/c1-10-16(11(2)21(4)19-10)13-8-15-14(7-12(13)9-17)18-5-6-20(15)3/h7-8,18H,5-6H2,1-4H3. The average Bonchev–Trinajstić information content (AvgIpc) is 2.71. The van der Waals surface area contributed by atoms with Gasteiger partial charge in [-0.2, -0.15) is 10.4 Å². The summed E-state index contributed by atoms with van der Waals surface area (Å²) in [4.78, 5) is 2.22. The Hall–Kier alpha value is -2.48. The molecule has 2 aromatic rings. The zero-order valence-corrected chi connectivity index (χ0v) is 12.9. The Kier molecular flexibility index (Phi) is 3.09. The third-order valence-electron chi connectivity index (χ3n) is 4.21. The fraction of sp³-hybridized carbons (Fsp3) is 0.375. The molecular formula is C16H19N5. The molecule has 108 valence electrons. The van der Waals surface area contributed by atoms with E-state index in [2.05, 4.69) is 34.5 Å². The Morgan fingerprint density at radius 3 is 2.67 bits per heavy atom. The second kappa shape index (κ2) is 4.81. The average molecular weight is 281 g/mol. The number of rotatable bonds is 1. The summed E-state index contributed by atoms with van der Waals surface area (Å²) in [5.74, 6) is 0. The van der Waals surface area contributed by atoms with Gasteiger partial charge in [0, 0.05) is 44.0 Å². The van der Waals surface area contributed by atoms with Crippen molar-refractivity contribution >= 4 is 11.4 Å². The van der Waals surface area contributed by atoms with Crippen LogP contribution in [0.5, 0.6) is 0 Å². The number of fused-ring (bicyclic) bond motifs is 1. The molecule has 2 heterocycles. The van der Waals surface area contributed by atoms with Crippen LogP contribution in [0.25, 0.3) is 11.1 Å². The number of nitriles is 1. The topological polar surface area (TPSA) is 56.9 Å². The van der Waals surface area contributed by atoms with Crippen LogP contribution in [0.3, 0.4) is 0 Å². The first kappa shape index (κ1) is 13.5. The molecule has 0 atom stereocenters. The van der Waals surface area contributed by atoms with Crippen LogP contribution in [0.15, 0.2) is 12.1 Å². The lowest BCUT2D eigenvalue weighted by Crippen LogP contribution is -2.30. The van der Waals surface area contributed by atoms with E-state index in [0.717, 1.165) is 47.0 Å². The molecule has 0 fully saturated rings. The first-order chi connectivity index (χ1) is 10.0. The predicted molar refractivity (Wildman–Crippen MR) is 84.6 cm³/mol. The van der Waals surface area contributed by atoms with Gasteiger partial charge in [0.15, 0.2) is 0 Å². The molecule has 0 spiro atoms. The Balaban J connectivity index is 2.27. The summed E-state index contributed by atoms with van der Waals surface area (Å²) in [5.41, 5.74) is 6.93. The van der Waals surface area contributed by atoms with Crippen LogP contribution >= 0.6 is 0 Å². The fourth-order valence-corrected chi connectivity index (χ4v) is 2.99. The highest BCUT2D eigenvalue weighted by Gasteiger charge is 2.21. The van der Waals surface area contributed by atoms with Crippen molar-refractivity contribution in [3.8, 4) is 17.2 Å². The van der Waals surface area contributed by atoms with Crippen LogP contribution in [-0.4, -0.2) is 29.9 Å². The Labute approximate surface area is 124 Å². The van der Waals surface area contributed by atoms with Gasteiger partial charge in [-0.25, -0.2) is 0 Å². The van der Waals surface area contributed by atoms with Gasteiger partial charge in [0.05, 0.1) is 28.7 Å². The van der Waals surface area contributed by atoms with E-state index in [0.29, 0.717) is 5.56 Å². The van der Waals surface area contributed by atoms with E-state index in [-0.39, 0.29) is 0 Å². The number of benzene rings is 1. The van der Waals surface area contributed by atoms with Crippen molar-refractivity contribution in [1.29, 1.82) is 5.26 Å². The van der Waals surface area contributed by atoms with Gasteiger partial charge in [0.2, 0.25) is 0 Å². The second-order valence-electron chi connectivity index (χ2n) is 5.54. The second-order valence-corrected chi connectivity index (χ2v) is 5.54. The molecule has 21 heavy (non-hydrogen) atoms. The van der Waals surface area contributed by atoms with Gasteiger partial charge in [0.1, 0.15) is 0 Å². The molecule has 1 aliphatic heterocycles. The van der Waals surface area contributed by atoms with E-state index in [4.69, 9.17) is 0 Å². The van der Waals surface area contributed by atoms with Crippen molar-refractivity contribution in [2.45, 2.75) is 13.8 Å². The molecule has 1 aliphatic rings. The molecule has 5 nitrogen and oxygen atoms in total. The van der Waals surface area contributed by atoms with E-state index in [1.165, 1.54) is 0 Å². The predicted octanol–water partition coefficient (Wildman–Crippen LogP) is 2.44. The molecule has 1 N–H and O–H groups in total. The molecular weight excluding hydrogens is 262 g/mol. The van der Waals surface area contributed by atoms with Crippen molar-refractivity contribution in [1.82, 2.24) is 9.78 Å². The lowest BCUT2D eigenvalue weighted by Gasteiger charge is -2.29. The third-order valence-corrected chi connectivity index (χ3v) is 4.21. The monoisotopic (exact) mass is 281 g/mol. The molecule has 0 aliphatic carbocycles. The zero-order valence-electron chi connectivity index (χ0n) is 12.9. The van der Waals surface area contributed by atoms with Crippen molar-refractivity contribution in [3.05, 3.63) is 29.1 Å². The van der Waals surface area contributed by atoms with Gasteiger partial charge in [-0.15, -0.1) is 0 Å². The van der Waals surface area contributed by atoms with Crippen molar-refractivity contribution in [3.63, 3.8) is 0 Å². The Morgan fingerprint density at radius 2 is 2.05 bits per heavy atom. The van der Waals surface area contributed by atoms with Gasteiger partial charge >= 0.3 is 0 Å². The molecule has 0 amide bonds. The number of nitrogens with one attached hydrogen (secondary N) is 1. The molecule has 0 bridgehead atoms. The van der Waals surface area contributed by atoms with E-state index in [9.17, 15) is 5.26 Å². The van der Waals surface area contributed by atoms with Crippen LogP contribution in [-0.2, 0) is 7.05 Å². The lowest BCUT2D eigenvalue weighted by atomic mass is 9.96. The highest BCUT2D eigenvalue weighted by Crippen LogP contribution is 2.38. The number of hydrogen-bond acceptors (Lipinski definition) is 4. The summed E-state index contributed by atoms with van der Waals surface area (Å²) in [6.45, 7) is 5.89. The van der Waals surface area contributed by atoms with Gasteiger partial charge in [0.25, 0.3) is 0 Å². The summed E-state index contributed by atoms with van der Waals surface area (Å²) in [5, 5.41) is 17.4. The maximum absolute atomic E-state index is 9.52. The summed E-state index contributed by atoms with van der Waals surface area (Å²) < 4.78 is 1.87. The minimum Gasteiger partial charge on any atom is -0.382 e. The molecule has 0 radical (unpaired) electrons. The van der Waals surface area contributed by atoms with Crippen molar-refractivity contribution in [2.24, 2.45) is 7.05 Å².